The van der Waals surface area contributed by atoms with Crippen molar-refractivity contribution in [1.29, 1.82) is 0 Å². The summed E-state index contributed by atoms with van der Waals surface area (Å²) in [5.74, 6) is 3.56. The number of hydrogen-bond donors (Lipinski definition) is 0. The lowest BCUT2D eigenvalue weighted by molar-refractivity contribution is 0.886. The molecule has 1 heterocycles. The molecule has 14 heavy (non-hydrogen) atoms. The van der Waals surface area contributed by atoms with Gasteiger partial charge in [0.1, 0.15) is 5.82 Å². The van der Waals surface area contributed by atoms with Gasteiger partial charge in [-0.05, 0) is 41.9 Å². The van der Waals surface area contributed by atoms with E-state index in [0.29, 0.717) is 6.54 Å². The van der Waals surface area contributed by atoms with Crippen molar-refractivity contribution in [2.45, 2.75) is 13.8 Å². The third-order valence-electron chi connectivity index (χ3n) is 1.99. The van der Waals surface area contributed by atoms with Gasteiger partial charge in [0.15, 0.2) is 0 Å². The molecule has 0 N–H and O–H groups in total. The maximum atomic E-state index is 5.28. The van der Waals surface area contributed by atoms with Crippen LogP contribution >= 0.6 is 15.9 Å². The first-order valence-corrected chi connectivity index (χ1v) is 5.30. The Hall–Kier alpha value is -1.01. The molecule has 0 atom stereocenters. The average molecular weight is 253 g/mol. The Kier molecular flexibility index (Phi) is 3.97. The average Bonchev–Trinajstić information content (AvgIpc) is 2.19. The minimum atomic E-state index is 0.602. The first kappa shape index (κ1) is 11.1. The predicted molar refractivity (Wildman–Crippen MR) is 63.4 cm³/mol. The van der Waals surface area contributed by atoms with Crippen molar-refractivity contribution in [3.05, 3.63) is 22.3 Å². The fourth-order valence-electron chi connectivity index (χ4n) is 1.17. The van der Waals surface area contributed by atoms with Gasteiger partial charge >= 0.3 is 0 Å². The molecule has 2 nitrogen and oxygen atoms in total. The van der Waals surface area contributed by atoms with Gasteiger partial charge in [-0.3, -0.25) is 0 Å². The highest BCUT2D eigenvalue weighted by atomic mass is 79.9. The Morgan fingerprint density at radius 1 is 1.57 bits per heavy atom. The lowest BCUT2D eigenvalue weighted by Gasteiger charge is -2.19. The second kappa shape index (κ2) is 5.02. The minimum Gasteiger partial charge on any atom is -0.346 e. The molecule has 1 rings (SSSR count). The van der Waals surface area contributed by atoms with Crippen LogP contribution in [0.3, 0.4) is 0 Å². The molecule has 0 aliphatic rings. The number of rotatable bonds is 3. The number of pyridine rings is 1. The van der Waals surface area contributed by atoms with Crippen LogP contribution in [0.2, 0.25) is 0 Å². The van der Waals surface area contributed by atoms with Crippen molar-refractivity contribution in [2.75, 3.05) is 18.0 Å². The predicted octanol–water partition coefficient (Wildman–Crippen LogP) is 2.61. The summed E-state index contributed by atoms with van der Waals surface area (Å²) < 4.78 is 1.03. The fourth-order valence-corrected chi connectivity index (χ4v) is 1.39. The first-order chi connectivity index (χ1) is 6.69. The van der Waals surface area contributed by atoms with Crippen LogP contribution in [0.25, 0.3) is 0 Å². The van der Waals surface area contributed by atoms with Crippen molar-refractivity contribution in [3.8, 4) is 12.3 Å². The van der Waals surface area contributed by atoms with Crippen molar-refractivity contribution in [3.63, 3.8) is 0 Å². The Bertz CT molecular complexity index is 355. The summed E-state index contributed by atoms with van der Waals surface area (Å²) in [6.45, 7) is 5.51. The van der Waals surface area contributed by atoms with Gasteiger partial charge in [0.25, 0.3) is 0 Å². The van der Waals surface area contributed by atoms with Crippen molar-refractivity contribution < 1.29 is 0 Å². The van der Waals surface area contributed by atoms with Gasteiger partial charge in [0.05, 0.1) is 12.2 Å². The van der Waals surface area contributed by atoms with E-state index < -0.39 is 0 Å². The van der Waals surface area contributed by atoms with E-state index in [1.54, 1.807) is 0 Å². The molecule has 0 saturated heterocycles. The van der Waals surface area contributed by atoms with Crippen molar-refractivity contribution >= 4 is 21.7 Å². The van der Waals surface area contributed by atoms with E-state index in [1.807, 2.05) is 19.1 Å². The maximum absolute atomic E-state index is 5.28. The molecule has 3 heteroatoms. The zero-order chi connectivity index (χ0) is 10.6. The molecule has 74 valence electrons. The summed E-state index contributed by atoms with van der Waals surface area (Å²) in [5.41, 5.74) is 0.984. The molecular weight excluding hydrogens is 240 g/mol. The molecule has 0 aliphatic carbocycles. The lowest BCUT2D eigenvalue weighted by atomic mass is 10.3. The largest absolute Gasteiger partial charge is 0.346 e. The van der Waals surface area contributed by atoms with Crippen LogP contribution in [0.1, 0.15) is 12.6 Å². The normalized spacial score (nSPS) is 9.57. The molecule has 0 radical (unpaired) electrons. The van der Waals surface area contributed by atoms with Gasteiger partial charge in [0.2, 0.25) is 0 Å². The number of terminal acetylenes is 1. The number of aryl methyl sites for hydroxylation is 1. The molecule has 0 aliphatic heterocycles. The summed E-state index contributed by atoms with van der Waals surface area (Å²) in [7, 11) is 0. The molecule has 0 spiro atoms. The summed E-state index contributed by atoms with van der Waals surface area (Å²) in [6, 6.07) is 3.97. The van der Waals surface area contributed by atoms with Crippen LogP contribution in [-0.2, 0) is 0 Å². The Balaban J connectivity index is 2.95. The Morgan fingerprint density at radius 3 is 2.79 bits per heavy atom. The van der Waals surface area contributed by atoms with E-state index in [2.05, 4.69) is 38.7 Å². The number of nitrogens with zero attached hydrogens (tertiary/aromatic N) is 2. The van der Waals surface area contributed by atoms with E-state index in [0.717, 1.165) is 22.5 Å². The van der Waals surface area contributed by atoms with Gasteiger partial charge in [-0.1, -0.05) is 5.92 Å². The van der Waals surface area contributed by atoms with Gasteiger partial charge < -0.3 is 4.90 Å². The van der Waals surface area contributed by atoms with E-state index >= 15 is 0 Å². The highest BCUT2D eigenvalue weighted by Crippen LogP contribution is 2.18. The summed E-state index contributed by atoms with van der Waals surface area (Å²) in [4.78, 5) is 6.50. The zero-order valence-electron chi connectivity index (χ0n) is 8.42. The maximum Gasteiger partial charge on any atom is 0.129 e. The van der Waals surface area contributed by atoms with Gasteiger partial charge in [0, 0.05) is 11.0 Å². The Morgan fingerprint density at radius 2 is 2.29 bits per heavy atom. The highest BCUT2D eigenvalue weighted by molar-refractivity contribution is 9.10. The minimum absolute atomic E-state index is 0.602. The molecule has 0 saturated carbocycles. The molecule has 0 unspecified atom stereocenters. The molecule has 0 fully saturated rings. The number of halogens is 1. The van der Waals surface area contributed by atoms with Crippen molar-refractivity contribution in [2.24, 2.45) is 0 Å². The van der Waals surface area contributed by atoms with Crippen LogP contribution in [0.15, 0.2) is 16.6 Å². The fraction of sp³-hybridized carbons (Fsp3) is 0.364. The molecule has 0 amide bonds. The standard InChI is InChI=1S/C11H13BrN2/c1-4-8-14(5-2)11-7-6-10(12)9(3)13-11/h1,6-7H,5,8H2,2-3H3. The number of hydrogen-bond acceptors (Lipinski definition) is 2. The number of aromatic nitrogens is 1. The molecule has 0 bridgehead atoms. The molecule has 1 aromatic rings. The van der Waals surface area contributed by atoms with Gasteiger partial charge in [-0.2, -0.15) is 0 Å². The summed E-state index contributed by atoms with van der Waals surface area (Å²) in [6.07, 6.45) is 5.28. The lowest BCUT2D eigenvalue weighted by Crippen LogP contribution is -2.24. The van der Waals surface area contributed by atoms with E-state index in [4.69, 9.17) is 6.42 Å². The summed E-state index contributed by atoms with van der Waals surface area (Å²) >= 11 is 3.42. The van der Waals surface area contributed by atoms with E-state index in [9.17, 15) is 0 Å². The smallest absolute Gasteiger partial charge is 0.129 e. The zero-order valence-corrected chi connectivity index (χ0v) is 10.0. The summed E-state index contributed by atoms with van der Waals surface area (Å²) in [5, 5.41) is 0. The third kappa shape index (κ3) is 2.49. The Labute approximate surface area is 93.5 Å². The van der Waals surface area contributed by atoms with Crippen LogP contribution in [0.5, 0.6) is 0 Å². The number of anilines is 1. The quantitative estimate of drug-likeness (QED) is 0.770. The van der Waals surface area contributed by atoms with Crippen molar-refractivity contribution in [1.82, 2.24) is 4.98 Å². The molecule has 0 aromatic carbocycles. The molecule has 1 aromatic heterocycles. The van der Waals surface area contributed by atoms with E-state index in [-0.39, 0.29) is 0 Å². The van der Waals surface area contributed by atoms with Crippen LogP contribution < -0.4 is 4.90 Å². The highest BCUT2D eigenvalue weighted by Gasteiger charge is 2.05. The van der Waals surface area contributed by atoms with Gasteiger partial charge in [-0.15, -0.1) is 6.42 Å². The van der Waals surface area contributed by atoms with Crippen LogP contribution in [0, 0.1) is 19.3 Å². The van der Waals surface area contributed by atoms with Crippen LogP contribution in [-0.4, -0.2) is 18.1 Å². The third-order valence-corrected chi connectivity index (χ3v) is 2.83. The monoisotopic (exact) mass is 252 g/mol. The van der Waals surface area contributed by atoms with E-state index in [1.165, 1.54) is 0 Å². The first-order valence-electron chi connectivity index (χ1n) is 4.50. The molecular formula is C11H13BrN2. The second-order valence-electron chi connectivity index (χ2n) is 2.95. The topological polar surface area (TPSA) is 16.1 Å². The van der Waals surface area contributed by atoms with Crippen LogP contribution in [0.4, 0.5) is 5.82 Å². The second-order valence-corrected chi connectivity index (χ2v) is 3.81. The van der Waals surface area contributed by atoms with Gasteiger partial charge in [-0.25, -0.2) is 4.98 Å². The SMILES string of the molecule is C#CCN(CC)c1ccc(Br)c(C)n1.